The van der Waals surface area contributed by atoms with Gasteiger partial charge < -0.3 is 9.80 Å². The van der Waals surface area contributed by atoms with Gasteiger partial charge in [-0.2, -0.15) is 0 Å². The Morgan fingerprint density at radius 2 is 1.88 bits per heavy atom. The SMILES string of the molecule is C=CCN1CCN(C(=O)c2cccc(F)c2)C[C@H](Cc2ccccc2-c2ccncc2)C1=O. The fraction of sp³-hybridized carbons (Fsp3) is 0.222. The zero-order valence-corrected chi connectivity index (χ0v) is 18.4. The molecule has 0 aliphatic carbocycles. The molecule has 3 aromatic rings. The molecule has 168 valence electrons. The molecule has 1 saturated heterocycles. The molecule has 0 bridgehead atoms. The van der Waals surface area contributed by atoms with Gasteiger partial charge in [-0.25, -0.2) is 4.39 Å². The Hall–Kier alpha value is -3.80. The maximum Gasteiger partial charge on any atom is 0.254 e. The van der Waals surface area contributed by atoms with Crippen LogP contribution in [0.5, 0.6) is 0 Å². The van der Waals surface area contributed by atoms with E-state index < -0.39 is 11.7 Å². The highest BCUT2D eigenvalue weighted by atomic mass is 19.1. The van der Waals surface area contributed by atoms with E-state index in [4.69, 9.17) is 0 Å². The summed E-state index contributed by atoms with van der Waals surface area (Å²) in [6.07, 6.45) is 5.67. The Bertz CT molecular complexity index is 1150. The molecule has 5 nitrogen and oxygen atoms in total. The topological polar surface area (TPSA) is 53.5 Å². The first-order chi connectivity index (χ1) is 16.1. The van der Waals surface area contributed by atoms with E-state index in [9.17, 15) is 14.0 Å². The minimum absolute atomic E-state index is 0.00558. The summed E-state index contributed by atoms with van der Waals surface area (Å²) in [6.45, 7) is 5.26. The maximum atomic E-state index is 13.7. The summed E-state index contributed by atoms with van der Waals surface area (Å²) in [4.78, 5) is 34.1. The predicted molar refractivity (Wildman–Crippen MR) is 126 cm³/mol. The van der Waals surface area contributed by atoms with E-state index in [1.807, 2.05) is 36.4 Å². The third-order valence-corrected chi connectivity index (χ3v) is 5.92. The van der Waals surface area contributed by atoms with Crippen molar-refractivity contribution in [3.05, 3.63) is 103 Å². The number of halogens is 1. The molecule has 33 heavy (non-hydrogen) atoms. The van der Waals surface area contributed by atoms with Crippen molar-refractivity contribution in [3.8, 4) is 11.1 Å². The summed E-state index contributed by atoms with van der Waals surface area (Å²) in [6, 6.07) is 17.5. The van der Waals surface area contributed by atoms with Crippen LogP contribution in [0.4, 0.5) is 4.39 Å². The van der Waals surface area contributed by atoms with Crippen molar-refractivity contribution < 1.29 is 14.0 Å². The van der Waals surface area contributed by atoms with E-state index in [1.165, 1.54) is 18.2 Å². The number of carbonyl (C=O) groups excluding carboxylic acids is 2. The summed E-state index contributed by atoms with van der Waals surface area (Å²) >= 11 is 0. The summed E-state index contributed by atoms with van der Waals surface area (Å²) in [5.74, 6) is -1.15. The van der Waals surface area contributed by atoms with Crippen molar-refractivity contribution in [1.82, 2.24) is 14.8 Å². The zero-order chi connectivity index (χ0) is 23.2. The number of carbonyl (C=O) groups is 2. The van der Waals surface area contributed by atoms with Crippen LogP contribution < -0.4 is 0 Å². The van der Waals surface area contributed by atoms with Crippen LogP contribution in [0, 0.1) is 11.7 Å². The molecule has 0 N–H and O–H groups in total. The minimum Gasteiger partial charge on any atom is -0.337 e. The highest BCUT2D eigenvalue weighted by Gasteiger charge is 2.32. The molecule has 1 atom stereocenters. The highest BCUT2D eigenvalue weighted by molar-refractivity contribution is 5.95. The number of aromatic nitrogens is 1. The molecule has 1 aliphatic heterocycles. The summed E-state index contributed by atoms with van der Waals surface area (Å²) in [5.41, 5.74) is 3.38. The van der Waals surface area contributed by atoms with Gasteiger partial charge in [-0.3, -0.25) is 14.6 Å². The molecular weight excluding hydrogens is 417 g/mol. The number of benzene rings is 2. The van der Waals surface area contributed by atoms with Crippen molar-refractivity contribution in [3.63, 3.8) is 0 Å². The largest absolute Gasteiger partial charge is 0.337 e. The van der Waals surface area contributed by atoms with Gasteiger partial charge in [0.25, 0.3) is 5.91 Å². The summed E-state index contributed by atoms with van der Waals surface area (Å²) in [5, 5.41) is 0. The lowest BCUT2D eigenvalue weighted by Crippen LogP contribution is -2.38. The van der Waals surface area contributed by atoms with Crippen LogP contribution in [-0.2, 0) is 11.2 Å². The molecule has 0 saturated carbocycles. The van der Waals surface area contributed by atoms with Gasteiger partial charge >= 0.3 is 0 Å². The van der Waals surface area contributed by atoms with Gasteiger partial charge in [-0.05, 0) is 53.4 Å². The van der Waals surface area contributed by atoms with E-state index in [-0.39, 0.29) is 23.9 Å². The monoisotopic (exact) mass is 443 g/mol. The van der Waals surface area contributed by atoms with Crippen molar-refractivity contribution in [2.45, 2.75) is 6.42 Å². The van der Waals surface area contributed by atoms with E-state index in [0.29, 0.717) is 26.1 Å². The first-order valence-electron chi connectivity index (χ1n) is 11.0. The molecular formula is C27H26FN3O2. The number of hydrogen-bond donors (Lipinski definition) is 0. The Morgan fingerprint density at radius 3 is 2.64 bits per heavy atom. The lowest BCUT2D eigenvalue weighted by Gasteiger charge is -2.24. The molecule has 1 aromatic heterocycles. The lowest BCUT2D eigenvalue weighted by atomic mass is 9.91. The quantitative estimate of drug-likeness (QED) is 0.536. The normalized spacial score (nSPS) is 16.4. The van der Waals surface area contributed by atoms with Gasteiger partial charge in [0.2, 0.25) is 5.91 Å². The molecule has 2 aromatic carbocycles. The van der Waals surface area contributed by atoms with Crippen molar-refractivity contribution in [1.29, 1.82) is 0 Å². The average Bonchev–Trinajstić information content (AvgIpc) is 2.99. The molecule has 2 heterocycles. The van der Waals surface area contributed by atoms with E-state index in [0.717, 1.165) is 16.7 Å². The van der Waals surface area contributed by atoms with Crippen LogP contribution >= 0.6 is 0 Å². The number of hydrogen-bond acceptors (Lipinski definition) is 3. The first kappa shape index (κ1) is 22.4. The van der Waals surface area contributed by atoms with Crippen molar-refractivity contribution in [2.24, 2.45) is 5.92 Å². The fourth-order valence-corrected chi connectivity index (χ4v) is 4.30. The van der Waals surface area contributed by atoms with Gasteiger partial charge in [-0.15, -0.1) is 6.58 Å². The number of amides is 2. The third-order valence-electron chi connectivity index (χ3n) is 5.92. The Labute approximate surface area is 193 Å². The molecule has 4 rings (SSSR count). The van der Waals surface area contributed by atoms with E-state index in [1.54, 1.807) is 34.3 Å². The number of pyridine rings is 1. The second-order valence-corrected chi connectivity index (χ2v) is 8.13. The van der Waals surface area contributed by atoms with Gasteiger partial charge in [0.1, 0.15) is 5.82 Å². The molecule has 0 unspecified atom stereocenters. The Kier molecular flexibility index (Phi) is 6.93. The Morgan fingerprint density at radius 1 is 1.09 bits per heavy atom. The maximum absolute atomic E-state index is 13.7. The summed E-state index contributed by atoms with van der Waals surface area (Å²) < 4.78 is 13.7. The summed E-state index contributed by atoms with van der Waals surface area (Å²) in [7, 11) is 0. The van der Waals surface area contributed by atoms with Gasteiger partial charge in [0, 0.05) is 44.1 Å². The minimum atomic E-state index is -0.456. The van der Waals surface area contributed by atoms with Crippen LogP contribution in [0.25, 0.3) is 11.1 Å². The molecule has 1 fully saturated rings. The van der Waals surface area contributed by atoms with Gasteiger partial charge in [-0.1, -0.05) is 36.4 Å². The van der Waals surface area contributed by atoms with Crippen LogP contribution in [0.2, 0.25) is 0 Å². The third kappa shape index (κ3) is 5.17. The zero-order valence-electron chi connectivity index (χ0n) is 18.4. The van der Waals surface area contributed by atoms with Crippen LogP contribution in [0.3, 0.4) is 0 Å². The van der Waals surface area contributed by atoms with Crippen molar-refractivity contribution in [2.75, 3.05) is 26.2 Å². The molecule has 2 amide bonds. The van der Waals surface area contributed by atoms with Gasteiger partial charge in [0.05, 0.1) is 5.92 Å². The molecule has 0 spiro atoms. The van der Waals surface area contributed by atoms with Crippen molar-refractivity contribution >= 4 is 11.8 Å². The number of rotatable bonds is 6. The smallest absolute Gasteiger partial charge is 0.254 e. The average molecular weight is 444 g/mol. The highest BCUT2D eigenvalue weighted by Crippen LogP contribution is 2.27. The predicted octanol–water partition coefficient (Wildman–Crippen LogP) is 4.22. The molecule has 1 aliphatic rings. The second-order valence-electron chi connectivity index (χ2n) is 8.13. The fourth-order valence-electron chi connectivity index (χ4n) is 4.30. The van der Waals surface area contributed by atoms with Crippen LogP contribution in [0.15, 0.2) is 85.7 Å². The first-order valence-corrected chi connectivity index (χ1v) is 11.0. The van der Waals surface area contributed by atoms with E-state index in [2.05, 4.69) is 11.6 Å². The van der Waals surface area contributed by atoms with Crippen LogP contribution in [-0.4, -0.2) is 52.8 Å². The van der Waals surface area contributed by atoms with E-state index >= 15 is 0 Å². The molecule has 0 radical (unpaired) electrons. The van der Waals surface area contributed by atoms with Gasteiger partial charge in [0.15, 0.2) is 0 Å². The number of nitrogens with zero attached hydrogens (tertiary/aromatic N) is 3. The van der Waals surface area contributed by atoms with Crippen LogP contribution in [0.1, 0.15) is 15.9 Å². The Balaban J connectivity index is 1.64. The molecule has 6 heteroatoms. The lowest BCUT2D eigenvalue weighted by molar-refractivity contribution is -0.134. The second kappa shape index (κ2) is 10.2. The standard InChI is InChI=1S/C27H26FN3O2/c1-2-14-30-15-16-31(26(32)22-7-5-8-24(28)18-22)19-23(27(30)33)17-21-6-3-4-9-25(21)20-10-12-29-13-11-20/h2-13,18,23H,1,14-17,19H2/t23-/m0/s1.